The zero-order valence-corrected chi connectivity index (χ0v) is 26.7. The summed E-state index contributed by atoms with van der Waals surface area (Å²) in [7, 11) is 0. The minimum Gasteiger partial charge on any atom is -0.550 e. The van der Waals surface area contributed by atoms with Crippen molar-refractivity contribution in [3.05, 3.63) is 0 Å². The van der Waals surface area contributed by atoms with Gasteiger partial charge >= 0.3 is 0 Å². The molecule has 0 spiro atoms. The molecule has 3 heteroatoms. The molecule has 0 saturated carbocycles. The lowest BCUT2D eigenvalue weighted by molar-refractivity contribution is -0.929. The average molecular weight is 526 g/mol. The lowest BCUT2D eigenvalue weighted by Crippen LogP contribution is -2.50. The molecule has 0 N–H and O–H groups in total. The second kappa shape index (κ2) is 30.0. The number of carboxylic acids is 1. The van der Waals surface area contributed by atoms with E-state index in [1.807, 2.05) is 0 Å². The number of quaternary nitrogens is 1. The first-order valence-electron chi connectivity index (χ1n) is 16.9. The van der Waals surface area contributed by atoms with Crippen LogP contribution in [0.25, 0.3) is 0 Å². The largest absolute Gasteiger partial charge is 0.550 e. The van der Waals surface area contributed by atoms with E-state index in [4.69, 9.17) is 0 Å². The van der Waals surface area contributed by atoms with Crippen molar-refractivity contribution in [1.29, 1.82) is 0 Å². The molecule has 0 atom stereocenters. The topological polar surface area (TPSA) is 40.1 Å². The minimum atomic E-state index is -0.904. The van der Waals surface area contributed by atoms with Crippen LogP contribution in [-0.4, -0.2) is 36.6 Å². The molecular weight excluding hydrogens is 454 g/mol. The summed E-state index contributed by atoms with van der Waals surface area (Å²) >= 11 is 0. The Morgan fingerprint density at radius 3 is 1.08 bits per heavy atom. The summed E-state index contributed by atoms with van der Waals surface area (Å²) in [5.74, 6) is -0.0415. The Bertz CT molecular complexity index is 412. The van der Waals surface area contributed by atoms with Crippen molar-refractivity contribution in [3.8, 4) is 0 Å². The van der Waals surface area contributed by atoms with Crippen LogP contribution in [0.15, 0.2) is 0 Å². The number of hydrogen-bond donors (Lipinski definition) is 0. The number of rotatable bonds is 27. The van der Waals surface area contributed by atoms with Crippen LogP contribution in [0.2, 0.25) is 0 Å². The summed E-state index contributed by atoms with van der Waals surface area (Å²) in [6.07, 6.45) is 28.0. The second-order valence-corrected chi connectivity index (χ2v) is 12.2. The van der Waals surface area contributed by atoms with Crippen LogP contribution in [0.3, 0.4) is 0 Å². The Balaban J connectivity index is 0. The zero-order chi connectivity index (χ0) is 28.0. The van der Waals surface area contributed by atoms with Crippen molar-refractivity contribution in [2.45, 2.75) is 183 Å². The van der Waals surface area contributed by atoms with E-state index in [1.165, 1.54) is 153 Å². The Morgan fingerprint density at radius 2 is 0.811 bits per heavy atom. The van der Waals surface area contributed by atoms with E-state index < -0.39 is 5.97 Å². The number of nitrogens with zero attached hydrogens (tertiary/aromatic N) is 1. The van der Waals surface area contributed by atoms with Crippen molar-refractivity contribution in [3.63, 3.8) is 0 Å². The van der Waals surface area contributed by atoms with Crippen LogP contribution in [0, 0.1) is 5.92 Å². The zero-order valence-electron chi connectivity index (χ0n) is 26.7. The number of carboxylic acid groups (broad SMARTS) is 1. The van der Waals surface area contributed by atoms with Crippen molar-refractivity contribution in [1.82, 2.24) is 0 Å². The molecule has 0 heterocycles. The summed E-state index contributed by atoms with van der Waals surface area (Å²) in [5, 5.41) is 10.2. The third-order valence-corrected chi connectivity index (χ3v) is 7.86. The Kier molecular flexibility index (Phi) is 31.3. The van der Waals surface area contributed by atoms with E-state index in [1.54, 1.807) is 0 Å². The molecule has 0 aliphatic rings. The Hall–Kier alpha value is -0.570. The molecule has 0 rings (SSSR count). The van der Waals surface area contributed by atoms with Gasteiger partial charge in [-0.3, -0.25) is 0 Å². The first-order chi connectivity index (χ1) is 17.9. The van der Waals surface area contributed by atoms with Gasteiger partial charge in [0.15, 0.2) is 0 Å². The molecule has 0 bridgehead atoms. The van der Waals surface area contributed by atoms with Crippen LogP contribution in [0.5, 0.6) is 0 Å². The normalized spacial score (nSPS) is 11.5. The predicted octanol–water partition coefficient (Wildman–Crippen LogP) is 9.86. The average Bonchev–Trinajstić information content (AvgIpc) is 2.88. The summed E-state index contributed by atoms with van der Waals surface area (Å²) in [4.78, 5) is 10.2. The van der Waals surface area contributed by atoms with Gasteiger partial charge in [-0.05, 0) is 44.4 Å². The number of carbonyl (C=O) groups excluding carboxylic acids is 1. The second-order valence-electron chi connectivity index (χ2n) is 12.2. The van der Waals surface area contributed by atoms with E-state index in [2.05, 4.69) is 41.5 Å². The van der Waals surface area contributed by atoms with Crippen LogP contribution >= 0.6 is 0 Å². The van der Waals surface area contributed by atoms with Gasteiger partial charge in [0.1, 0.15) is 0 Å². The molecule has 3 nitrogen and oxygen atoms in total. The van der Waals surface area contributed by atoms with Gasteiger partial charge in [0.05, 0.1) is 26.2 Å². The molecule has 0 aromatic rings. The third-order valence-electron chi connectivity index (χ3n) is 7.86. The molecule has 0 aromatic carbocycles. The lowest BCUT2D eigenvalue weighted by Gasteiger charge is -2.39. The van der Waals surface area contributed by atoms with Crippen molar-refractivity contribution < 1.29 is 14.4 Å². The maximum Gasteiger partial charge on any atom is 0.0786 e. The molecule has 0 amide bonds. The minimum absolute atomic E-state index is 0.233. The highest BCUT2D eigenvalue weighted by atomic mass is 16.4. The molecule has 0 saturated heterocycles. The van der Waals surface area contributed by atoms with Crippen LogP contribution in [0.4, 0.5) is 0 Å². The highest BCUT2D eigenvalue weighted by Crippen LogP contribution is 2.17. The van der Waals surface area contributed by atoms with E-state index in [9.17, 15) is 9.90 Å². The van der Waals surface area contributed by atoms with Crippen molar-refractivity contribution >= 4 is 5.97 Å². The van der Waals surface area contributed by atoms with Crippen molar-refractivity contribution in [2.75, 3.05) is 26.2 Å². The van der Waals surface area contributed by atoms with E-state index in [0.29, 0.717) is 0 Å². The van der Waals surface area contributed by atoms with E-state index in [-0.39, 0.29) is 6.42 Å². The molecule has 37 heavy (non-hydrogen) atoms. The Labute approximate surface area is 235 Å². The fourth-order valence-electron chi connectivity index (χ4n) is 5.23. The van der Waals surface area contributed by atoms with Gasteiger partial charge in [-0.25, -0.2) is 0 Å². The molecule has 0 unspecified atom stereocenters. The quantitative estimate of drug-likeness (QED) is 0.0790. The molecule has 0 fully saturated rings. The molecule has 0 aliphatic carbocycles. The highest BCUT2D eigenvalue weighted by molar-refractivity contribution is 5.64. The summed E-state index contributed by atoms with van der Waals surface area (Å²) < 4.78 is 1.42. The smallest absolute Gasteiger partial charge is 0.0786 e. The summed E-state index contributed by atoms with van der Waals surface area (Å²) in [6, 6.07) is 0. The highest BCUT2D eigenvalue weighted by Gasteiger charge is 2.24. The van der Waals surface area contributed by atoms with Gasteiger partial charge in [-0.2, -0.15) is 0 Å². The van der Waals surface area contributed by atoms with Crippen LogP contribution in [-0.2, 0) is 4.79 Å². The van der Waals surface area contributed by atoms with Gasteiger partial charge in [-0.1, -0.05) is 144 Å². The number of hydrogen-bond acceptors (Lipinski definition) is 2. The Morgan fingerprint density at radius 1 is 0.514 bits per heavy atom. The SMILES string of the molecule is CC(C)CCCCCCCCCCCCCCC(=O)[O-].CCCC[N+](CCCC)(CCCC)CCCC. The maximum absolute atomic E-state index is 10.2. The van der Waals surface area contributed by atoms with Gasteiger partial charge < -0.3 is 14.4 Å². The first kappa shape index (κ1) is 38.6. The number of carbonyl (C=O) groups is 1. The third kappa shape index (κ3) is 29.8. The first-order valence-corrected chi connectivity index (χ1v) is 16.9. The van der Waals surface area contributed by atoms with Gasteiger partial charge in [0.2, 0.25) is 0 Å². The molecule has 0 radical (unpaired) electrons. The maximum atomic E-state index is 10.2. The van der Waals surface area contributed by atoms with Gasteiger partial charge in [0, 0.05) is 5.97 Å². The fourth-order valence-corrected chi connectivity index (χ4v) is 5.23. The molecular formula is C34H71NO2. The molecule has 0 aromatic heterocycles. The standard InChI is InChI=1S/C18H36O2.C16H36N/c1-17(2)15-13-11-9-7-5-3-4-6-8-10-12-14-16-18(19)20;1-5-9-13-17(14-10-6-2,15-11-7-3)16-12-8-4/h17H,3-16H2,1-2H3,(H,19,20);5-16H2,1-4H3/q;+1/p-1. The van der Waals surface area contributed by atoms with E-state index in [0.717, 1.165) is 18.8 Å². The monoisotopic (exact) mass is 526 g/mol. The number of aliphatic carboxylic acids is 1. The molecule has 224 valence electrons. The summed E-state index contributed by atoms with van der Waals surface area (Å²) in [5.41, 5.74) is 0. The van der Waals surface area contributed by atoms with Gasteiger partial charge in [-0.15, -0.1) is 0 Å². The van der Waals surface area contributed by atoms with Crippen LogP contribution in [0.1, 0.15) is 183 Å². The number of unbranched alkanes of at least 4 members (excludes halogenated alkanes) is 15. The van der Waals surface area contributed by atoms with Crippen molar-refractivity contribution in [2.24, 2.45) is 5.92 Å². The van der Waals surface area contributed by atoms with E-state index >= 15 is 0 Å². The van der Waals surface area contributed by atoms with Gasteiger partial charge in [0.25, 0.3) is 0 Å². The van der Waals surface area contributed by atoms with Crippen LogP contribution < -0.4 is 5.11 Å². The fraction of sp³-hybridized carbons (Fsp3) is 0.971. The lowest BCUT2D eigenvalue weighted by atomic mass is 10.0. The summed E-state index contributed by atoms with van der Waals surface area (Å²) in [6.45, 7) is 19.6. The predicted molar refractivity (Wildman–Crippen MR) is 164 cm³/mol. The molecule has 0 aliphatic heterocycles.